The SMILES string of the molecule is BN(B)CC=C. The van der Waals surface area contributed by atoms with E-state index in [1.165, 1.54) is 0 Å². The summed E-state index contributed by atoms with van der Waals surface area (Å²) < 4.78 is 2.06. The van der Waals surface area contributed by atoms with Gasteiger partial charge < -0.3 is 4.72 Å². The summed E-state index contributed by atoms with van der Waals surface area (Å²) >= 11 is 0. The van der Waals surface area contributed by atoms with E-state index >= 15 is 0 Å². The van der Waals surface area contributed by atoms with Crippen molar-refractivity contribution < 1.29 is 0 Å². The van der Waals surface area contributed by atoms with Crippen LogP contribution < -0.4 is 0 Å². The van der Waals surface area contributed by atoms with Gasteiger partial charge in [-0.1, -0.05) is 6.08 Å². The summed E-state index contributed by atoms with van der Waals surface area (Å²) in [6, 6.07) is 0. The fourth-order valence-electron chi connectivity index (χ4n) is 0.258. The van der Waals surface area contributed by atoms with Crippen LogP contribution in [0.3, 0.4) is 0 Å². The molecular formula is C3H9B2N. The van der Waals surface area contributed by atoms with E-state index in [1.807, 2.05) is 22.0 Å². The Hall–Kier alpha value is -0.170. The molecule has 32 valence electrons. The first kappa shape index (κ1) is 5.83. The fraction of sp³-hybridized carbons (Fsp3) is 0.333. The van der Waals surface area contributed by atoms with E-state index < -0.39 is 0 Å². The maximum atomic E-state index is 3.56. The zero-order chi connectivity index (χ0) is 4.99. The molecule has 0 saturated heterocycles. The van der Waals surface area contributed by atoms with Crippen molar-refractivity contribution in [2.45, 2.75) is 0 Å². The van der Waals surface area contributed by atoms with Gasteiger partial charge in [-0.2, -0.15) is 0 Å². The molecule has 0 aromatic rings. The lowest BCUT2D eigenvalue weighted by atomic mass is 10.2. The van der Waals surface area contributed by atoms with E-state index in [0.29, 0.717) is 0 Å². The highest BCUT2D eigenvalue weighted by Crippen LogP contribution is 1.66. The molecule has 0 N–H and O–H groups in total. The second-order valence-electron chi connectivity index (χ2n) is 1.55. The van der Waals surface area contributed by atoms with E-state index in [0.717, 1.165) is 6.54 Å². The molecule has 0 bridgehead atoms. The lowest BCUT2D eigenvalue weighted by molar-refractivity contribution is 0.796. The Kier molecular flexibility index (Phi) is 2.95. The summed E-state index contributed by atoms with van der Waals surface area (Å²) in [6.07, 6.45) is 1.88. The third kappa shape index (κ3) is 3.83. The van der Waals surface area contributed by atoms with E-state index in [-0.39, 0.29) is 0 Å². The van der Waals surface area contributed by atoms with Crippen molar-refractivity contribution in [1.29, 1.82) is 0 Å². The van der Waals surface area contributed by atoms with Crippen molar-refractivity contribution in [3.63, 3.8) is 0 Å². The zero-order valence-corrected chi connectivity index (χ0v) is 4.44. The fourth-order valence-corrected chi connectivity index (χ4v) is 0.258. The molecule has 0 amide bonds. The Balaban J connectivity index is 2.81. The van der Waals surface area contributed by atoms with Crippen molar-refractivity contribution in [2.24, 2.45) is 0 Å². The van der Waals surface area contributed by atoms with E-state index in [4.69, 9.17) is 0 Å². The Morgan fingerprint density at radius 1 is 1.67 bits per heavy atom. The average Bonchev–Trinajstić information content (AvgIpc) is 1.35. The first-order chi connectivity index (χ1) is 2.77. The maximum absolute atomic E-state index is 3.56. The molecule has 0 saturated carbocycles. The minimum Gasteiger partial charge on any atom is -0.393 e. The van der Waals surface area contributed by atoms with Gasteiger partial charge in [-0.05, 0) is 6.54 Å². The summed E-state index contributed by atoms with van der Waals surface area (Å²) in [5, 5.41) is 0. The Labute approximate surface area is 40.9 Å². The highest BCUT2D eigenvalue weighted by molar-refractivity contribution is 6.25. The molecule has 0 spiro atoms. The second-order valence-corrected chi connectivity index (χ2v) is 1.55. The second kappa shape index (κ2) is 3.04. The Morgan fingerprint density at radius 3 is 2.17 bits per heavy atom. The average molecular weight is 80.7 g/mol. The van der Waals surface area contributed by atoms with Crippen LogP contribution in [-0.2, 0) is 0 Å². The predicted molar refractivity (Wildman–Crippen MR) is 34.0 cm³/mol. The van der Waals surface area contributed by atoms with Gasteiger partial charge in [-0.25, -0.2) is 0 Å². The smallest absolute Gasteiger partial charge is 0.172 e. The molecule has 0 heterocycles. The third-order valence-electron chi connectivity index (χ3n) is 0.494. The summed E-state index contributed by atoms with van der Waals surface area (Å²) in [5.41, 5.74) is 0. The number of rotatable bonds is 2. The minimum atomic E-state index is 0.972. The van der Waals surface area contributed by atoms with E-state index in [9.17, 15) is 0 Å². The van der Waals surface area contributed by atoms with Crippen molar-refractivity contribution in [3.05, 3.63) is 12.7 Å². The number of nitrogens with zero attached hydrogens (tertiary/aromatic N) is 1. The summed E-state index contributed by atoms with van der Waals surface area (Å²) in [5.74, 6) is 0. The van der Waals surface area contributed by atoms with Crippen molar-refractivity contribution in [3.8, 4) is 0 Å². The van der Waals surface area contributed by atoms with Crippen LogP contribution in [0.2, 0.25) is 0 Å². The normalized spacial score (nSPS) is 8.83. The van der Waals surface area contributed by atoms with Crippen molar-refractivity contribution in [1.82, 2.24) is 4.72 Å². The number of hydrogen-bond acceptors (Lipinski definition) is 1. The molecule has 0 aliphatic heterocycles. The molecule has 1 nitrogen and oxygen atoms in total. The molecule has 0 aromatic carbocycles. The molecule has 3 heteroatoms. The molecule has 6 heavy (non-hydrogen) atoms. The molecule has 0 atom stereocenters. The lowest BCUT2D eigenvalue weighted by Crippen LogP contribution is -2.14. The Bertz CT molecular complexity index is 44.1. The van der Waals surface area contributed by atoms with Crippen LogP contribution in [0.1, 0.15) is 0 Å². The molecule has 0 aromatic heterocycles. The Morgan fingerprint density at radius 2 is 2.17 bits per heavy atom. The maximum Gasteiger partial charge on any atom is 0.172 e. The van der Waals surface area contributed by atoms with Crippen LogP contribution in [0.25, 0.3) is 0 Å². The van der Waals surface area contributed by atoms with E-state index in [2.05, 4.69) is 11.3 Å². The first-order valence-electron chi connectivity index (χ1n) is 2.03. The molecular weight excluding hydrogens is 71.7 g/mol. The zero-order valence-electron chi connectivity index (χ0n) is 4.44. The molecule has 0 aliphatic carbocycles. The van der Waals surface area contributed by atoms with Gasteiger partial charge in [-0.3, -0.25) is 0 Å². The van der Waals surface area contributed by atoms with Gasteiger partial charge in [0.1, 0.15) is 0 Å². The quantitative estimate of drug-likeness (QED) is 0.291. The van der Waals surface area contributed by atoms with Gasteiger partial charge in [0, 0.05) is 0 Å². The summed E-state index contributed by atoms with van der Waals surface area (Å²) in [7, 11) is 4.03. The van der Waals surface area contributed by atoms with E-state index in [1.54, 1.807) is 0 Å². The molecule has 0 rings (SSSR count). The van der Waals surface area contributed by atoms with Crippen LogP contribution in [0.4, 0.5) is 0 Å². The monoisotopic (exact) mass is 81.1 g/mol. The first-order valence-corrected chi connectivity index (χ1v) is 2.03. The van der Waals surface area contributed by atoms with Crippen LogP contribution in [0.15, 0.2) is 12.7 Å². The lowest BCUT2D eigenvalue weighted by Gasteiger charge is -2.01. The highest BCUT2D eigenvalue weighted by atomic mass is 14.9. The molecule has 0 radical (unpaired) electrons. The van der Waals surface area contributed by atoms with Gasteiger partial charge in [-0.15, -0.1) is 6.58 Å². The van der Waals surface area contributed by atoms with Crippen LogP contribution in [0.5, 0.6) is 0 Å². The topological polar surface area (TPSA) is 3.24 Å². The molecule has 0 unspecified atom stereocenters. The van der Waals surface area contributed by atoms with Crippen molar-refractivity contribution in [2.75, 3.05) is 6.54 Å². The summed E-state index contributed by atoms with van der Waals surface area (Å²) in [6.45, 7) is 4.53. The van der Waals surface area contributed by atoms with Crippen molar-refractivity contribution >= 4 is 16.0 Å². The van der Waals surface area contributed by atoms with Crippen LogP contribution in [-0.4, -0.2) is 27.2 Å². The van der Waals surface area contributed by atoms with Gasteiger partial charge >= 0.3 is 0 Å². The van der Waals surface area contributed by atoms with Crippen LogP contribution >= 0.6 is 0 Å². The van der Waals surface area contributed by atoms with Crippen LogP contribution in [0, 0.1) is 0 Å². The molecule has 0 aliphatic rings. The minimum absolute atomic E-state index is 0.972. The van der Waals surface area contributed by atoms with Gasteiger partial charge in [0.15, 0.2) is 16.0 Å². The van der Waals surface area contributed by atoms with Gasteiger partial charge in [0.05, 0.1) is 0 Å². The predicted octanol–water partition coefficient (Wildman–Crippen LogP) is -1.43. The van der Waals surface area contributed by atoms with Gasteiger partial charge in [0.25, 0.3) is 0 Å². The summed E-state index contributed by atoms with van der Waals surface area (Å²) in [4.78, 5) is 0. The third-order valence-corrected chi connectivity index (χ3v) is 0.494. The number of hydrogen-bond donors (Lipinski definition) is 0. The molecule has 0 fully saturated rings. The largest absolute Gasteiger partial charge is 0.393 e. The van der Waals surface area contributed by atoms with Gasteiger partial charge in [0.2, 0.25) is 0 Å². The standard InChI is InChI=1S/C3H9B2N/c1-2-3-6(4)5/h2H,1,3-5H2. The highest BCUT2D eigenvalue weighted by Gasteiger charge is 1.76.